The molecule has 0 saturated carbocycles. The number of H-pyrrole nitrogens is 1. The van der Waals surface area contributed by atoms with E-state index in [0.29, 0.717) is 5.69 Å². The maximum Gasteiger partial charge on any atom is 0.108 e. The largest absolute Gasteiger partial charge is 0.361 e. The standard InChI is InChI=1S/C9H8N2O.C2H6/c1-6-5-10-9-3-2-7(11-12)4-8(6)9;1-2/h2-5,10H,1H3;1-2H3. The van der Waals surface area contributed by atoms with E-state index in [0.717, 1.165) is 16.5 Å². The number of aromatic nitrogens is 1. The van der Waals surface area contributed by atoms with Gasteiger partial charge < -0.3 is 4.98 Å². The van der Waals surface area contributed by atoms with Crippen LogP contribution in [0.1, 0.15) is 19.4 Å². The first-order chi connectivity index (χ1) is 6.81. The van der Waals surface area contributed by atoms with Crippen molar-refractivity contribution in [1.29, 1.82) is 0 Å². The van der Waals surface area contributed by atoms with Crippen LogP contribution in [0.5, 0.6) is 0 Å². The van der Waals surface area contributed by atoms with Crippen molar-refractivity contribution in [2.75, 3.05) is 0 Å². The fraction of sp³-hybridized carbons (Fsp3) is 0.273. The average Bonchev–Trinajstić information content (AvgIpc) is 2.63. The molecule has 3 heteroatoms. The molecule has 0 unspecified atom stereocenters. The summed E-state index contributed by atoms with van der Waals surface area (Å²) in [7, 11) is 0. The zero-order valence-corrected chi connectivity index (χ0v) is 8.66. The van der Waals surface area contributed by atoms with Crippen LogP contribution in [0.2, 0.25) is 0 Å². The summed E-state index contributed by atoms with van der Waals surface area (Å²) in [5, 5.41) is 3.94. The number of benzene rings is 1. The van der Waals surface area contributed by atoms with Crippen LogP contribution in [0.15, 0.2) is 29.6 Å². The Morgan fingerprint density at radius 1 is 1.29 bits per heavy atom. The Labute approximate surface area is 83.1 Å². The van der Waals surface area contributed by atoms with Gasteiger partial charge >= 0.3 is 0 Å². The molecule has 3 nitrogen and oxygen atoms in total. The predicted octanol–water partition coefficient (Wildman–Crippen LogP) is 3.90. The van der Waals surface area contributed by atoms with Gasteiger partial charge in [0.05, 0.1) is 0 Å². The van der Waals surface area contributed by atoms with Crippen molar-refractivity contribution in [3.05, 3.63) is 34.9 Å². The summed E-state index contributed by atoms with van der Waals surface area (Å²) in [6.07, 6.45) is 1.92. The molecule has 0 bridgehead atoms. The van der Waals surface area contributed by atoms with Crippen LogP contribution in [0.3, 0.4) is 0 Å². The van der Waals surface area contributed by atoms with E-state index in [-0.39, 0.29) is 0 Å². The maximum absolute atomic E-state index is 10.2. The molecule has 1 aromatic carbocycles. The molecule has 1 aromatic heterocycles. The SMILES string of the molecule is CC.Cc1c[nH]c2ccc(N=O)cc12. The molecule has 74 valence electrons. The molecule has 1 N–H and O–H groups in total. The first-order valence-electron chi connectivity index (χ1n) is 4.72. The normalized spacial score (nSPS) is 9.36. The average molecular weight is 190 g/mol. The summed E-state index contributed by atoms with van der Waals surface area (Å²) in [4.78, 5) is 13.3. The molecular weight excluding hydrogens is 176 g/mol. The minimum atomic E-state index is 0.477. The quantitative estimate of drug-likeness (QED) is 0.681. The van der Waals surface area contributed by atoms with E-state index in [1.807, 2.05) is 33.0 Å². The molecule has 0 amide bonds. The van der Waals surface area contributed by atoms with E-state index < -0.39 is 0 Å². The van der Waals surface area contributed by atoms with Gasteiger partial charge in [-0.1, -0.05) is 13.8 Å². The van der Waals surface area contributed by atoms with E-state index in [2.05, 4.69) is 10.2 Å². The lowest BCUT2D eigenvalue weighted by Crippen LogP contribution is -1.68. The van der Waals surface area contributed by atoms with Crippen LogP contribution in [-0.2, 0) is 0 Å². The molecule has 0 aliphatic heterocycles. The summed E-state index contributed by atoms with van der Waals surface area (Å²) >= 11 is 0. The Morgan fingerprint density at radius 2 is 2.00 bits per heavy atom. The lowest BCUT2D eigenvalue weighted by molar-refractivity contribution is 1.43. The van der Waals surface area contributed by atoms with E-state index in [9.17, 15) is 4.91 Å². The Hall–Kier alpha value is -1.64. The number of nitrogens with one attached hydrogen (secondary N) is 1. The van der Waals surface area contributed by atoms with Gasteiger partial charge in [0.2, 0.25) is 0 Å². The van der Waals surface area contributed by atoms with Gasteiger partial charge in [0.1, 0.15) is 5.69 Å². The van der Waals surface area contributed by atoms with Crippen molar-refractivity contribution in [2.24, 2.45) is 5.18 Å². The van der Waals surface area contributed by atoms with Gasteiger partial charge in [-0.3, -0.25) is 0 Å². The minimum absolute atomic E-state index is 0.477. The molecule has 14 heavy (non-hydrogen) atoms. The number of aromatic amines is 1. The third-order valence-electron chi connectivity index (χ3n) is 1.98. The summed E-state index contributed by atoms with van der Waals surface area (Å²) in [5.41, 5.74) is 2.65. The van der Waals surface area contributed by atoms with Crippen LogP contribution in [-0.4, -0.2) is 4.98 Å². The van der Waals surface area contributed by atoms with Crippen LogP contribution in [0.4, 0.5) is 5.69 Å². The van der Waals surface area contributed by atoms with Crippen LogP contribution in [0.25, 0.3) is 10.9 Å². The van der Waals surface area contributed by atoms with Crippen molar-refractivity contribution >= 4 is 16.6 Å². The molecule has 1 heterocycles. The highest BCUT2D eigenvalue weighted by atomic mass is 16.3. The number of fused-ring (bicyclic) bond motifs is 1. The second kappa shape index (κ2) is 4.56. The number of hydrogen-bond acceptors (Lipinski definition) is 2. The van der Waals surface area contributed by atoms with E-state index in [4.69, 9.17) is 0 Å². The summed E-state index contributed by atoms with van der Waals surface area (Å²) in [6.45, 7) is 5.99. The summed E-state index contributed by atoms with van der Waals surface area (Å²) in [5.74, 6) is 0. The number of nitroso groups, excluding NO2 is 1. The number of rotatable bonds is 1. The smallest absolute Gasteiger partial charge is 0.108 e. The molecule has 0 aliphatic rings. The molecule has 0 atom stereocenters. The molecule has 0 spiro atoms. The first-order valence-corrected chi connectivity index (χ1v) is 4.72. The van der Waals surface area contributed by atoms with Crippen LogP contribution >= 0.6 is 0 Å². The highest BCUT2D eigenvalue weighted by Crippen LogP contribution is 2.22. The molecule has 0 fully saturated rings. The molecule has 2 aromatic rings. The Kier molecular flexibility index (Phi) is 3.40. The topological polar surface area (TPSA) is 45.2 Å². The summed E-state index contributed by atoms with van der Waals surface area (Å²) < 4.78 is 0. The fourth-order valence-corrected chi connectivity index (χ4v) is 1.30. The highest BCUT2D eigenvalue weighted by molar-refractivity contribution is 5.85. The predicted molar refractivity (Wildman–Crippen MR) is 59.8 cm³/mol. The number of aryl methyl sites for hydroxylation is 1. The van der Waals surface area contributed by atoms with Gasteiger partial charge in [-0.2, -0.15) is 0 Å². The van der Waals surface area contributed by atoms with Crippen molar-refractivity contribution in [3.63, 3.8) is 0 Å². The second-order valence-electron chi connectivity index (χ2n) is 2.79. The Bertz CT molecular complexity index is 432. The molecular formula is C11H14N2O. The van der Waals surface area contributed by atoms with Crippen molar-refractivity contribution < 1.29 is 0 Å². The van der Waals surface area contributed by atoms with Gasteiger partial charge in [-0.25, -0.2) is 0 Å². The van der Waals surface area contributed by atoms with Gasteiger partial charge in [0, 0.05) is 17.1 Å². The molecule has 0 radical (unpaired) electrons. The zero-order valence-electron chi connectivity index (χ0n) is 8.66. The van der Waals surface area contributed by atoms with Crippen molar-refractivity contribution in [1.82, 2.24) is 4.98 Å². The number of nitrogens with zero attached hydrogens (tertiary/aromatic N) is 1. The second-order valence-corrected chi connectivity index (χ2v) is 2.79. The maximum atomic E-state index is 10.2. The summed E-state index contributed by atoms with van der Waals surface area (Å²) in [6, 6.07) is 5.35. The fourth-order valence-electron chi connectivity index (χ4n) is 1.30. The van der Waals surface area contributed by atoms with Gasteiger partial charge in [0.25, 0.3) is 0 Å². The number of hydrogen-bond donors (Lipinski definition) is 1. The van der Waals surface area contributed by atoms with Gasteiger partial charge in [-0.05, 0) is 35.9 Å². The van der Waals surface area contributed by atoms with Gasteiger partial charge in [0.15, 0.2) is 0 Å². The van der Waals surface area contributed by atoms with Crippen molar-refractivity contribution in [2.45, 2.75) is 20.8 Å². The van der Waals surface area contributed by atoms with E-state index >= 15 is 0 Å². The third-order valence-corrected chi connectivity index (χ3v) is 1.98. The first kappa shape index (κ1) is 10.4. The van der Waals surface area contributed by atoms with E-state index in [1.54, 1.807) is 12.1 Å². The third kappa shape index (κ3) is 1.82. The molecule has 0 saturated heterocycles. The monoisotopic (exact) mass is 190 g/mol. The van der Waals surface area contributed by atoms with Crippen molar-refractivity contribution in [3.8, 4) is 0 Å². The highest BCUT2D eigenvalue weighted by Gasteiger charge is 1.99. The van der Waals surface area contributed by atoms with Gasteiger partial charge in [-0.15, -0.1) is 4.91 Å². The minimum Gasteiger partial charge on any atom is -0.361 e. The van der Waals surface area contributed by atoms with E-state index in [1.165, 1.54) is 0 Å². The van der Waals surface area contributed by atoms with Crippen LogP contribution < -0.4 is 0 Å². The Balaban J connectivity index is 0.000000461. The van der Waals surface area contributed by atoms with Crippen LogP contribution in [0, 0.1) is 11.8 Å². The molecule has 0 aliphatic carbocycles. The lowest BCUT2D eigenvalue weighted by atomic mass is 10.2. The molecule has 2 rings (SSSR count). The lowest BCUT2D eigenvalue weighted by Gasteiger charge is -1.91. The zero-order chi connectivity index (χ0) is 10.6. The Morgan fingerprint density at radius 3 is 2.64 bits per heavy atom.